The molecule has 7 nitrogen and oxygen atoms in total. The summed E-state index contributed by atoms with van der Waals surface area (Å²) in [7, 11) is 0. The average molecular weight is 457 g/mol. The second kappa shape index (κ2) is 9.95. The number of carbonyl (C=O) groups excluding carboxylic acids is 2. The first-order valence-electron chi connectivity index (χ1n) is 11.1. The SMILES string of the molecule is CCC[C@H](NC(=O)OC(C)C)C(=O)N[C@H]1CC[C@@H]2CN(c3ccc(C(F)(F)F)cn3)C[C@@H]21. The van der Waals surface area contributed by atoms with Gasteiger partial charge in [-0.2, -0.15) is 13.2 Å². The molecule has 3 rings (SSSR count). The molecule has 2 amide bonds. The molecule has 1 saturated carbocycles. The van der Waals surface area contributed by atoms with E-state index in [1.54, 1.807) is 13.8 Å². The van der Waals surface area contributed by atoms with Crippen molar-refractivity contribution in [3.63, 3.8) is 0 Å². The summed E-state index contributed by atoms with van der Waals surface area (Å²) >= 11 is 0. The quantitative estimate of drug-likeness (QED) is 0.653. The lowest BCUT2D eigenvalue weighted by molar-refractivity contribution is -0.137. The molecule has 1 saturated heterocycles. The molecule has 1 aromatic rings. The number of alkyl carbamates (subject to hydrolysis) is 1. The molecule has 2 N–H and O–H groups in total. The van der Waals surface area contributed by atoms with Crippen molar-refractivity contribution in [3.05, 3.63) is 23.9 Å². The summed E-state index contributed by atoms with van der Waals surface area (Å²) in [6.45, 7) is 6.74. The molecule has 1 aromatic heterocycles. The van der Waals surface area contributed by atoms with E-state index in [0.717, 1.165) is 31.5 Å². The number of alkyl halides is 3. The molecule has 0 radical (unpaired) electrons. The number of pyridine rings is 1. The van der Waals surface area contributed by atoms with E-state index in [0.29, 0.717) is 31.2 Å². The second-order valence-corrected chi connectivity index (χ2v) is 8.86. The van der Waals surface area contributed by atoms with Crippen LogP contribution in [0.3, 0.4) is 0 Å². The van der Waals surface area contributed by atoms with E-state index in [1.807, 2.05) is 11.8 Å². The van der Waals surface area contributed by atoms with Gasteiger partial charge in [-0.25, -0.2) is 9.78 Å². The third kappa shape index (κ3) is 5.83. The summed E-state index contributed by atoms with van der Waals surface area (Å²) in [5.41, 5.74) is -0.767. The van der Waals surface area contributed by atoms with Gasteiger partial charge >= 0.3 is 12.3 Å². The van der Waals surface area contributed by atoms with E-state index in [4.69, 9.17) is 4.74 Å². The molecule has 10 heteroatoms. The van der Waals surface area contributed by atoms with E-state index >= 15 is 0 Å². The van der Waals surface area contributed by atoms with Gasteiger partial charge in [-0.3, -0.25) is 4.79 Å². The Morgan fingerprint density at radius 2 is 2.00 bits per heavy atom. The van der Waals surface area contributed by atoms with E-state index in [1.165, 1.54) is 6.07 Å². The Balaban J connectivity index is 1.59. The van der Waals surface area contributed by atoms with Crippen LogP contribution >= 0.6 is 0 Å². The number of nitrogens with zero attached hydrogens (tertiary/aromatic N) is 2. The van der Waals surface area contributed by atoms with Crippen molar-refractivity contribution < 1.29 is 27.5 Å². The van der Waals surface area contributed by atoms with Gasteiger partial charge in [0.25, 0.3) is 0 Å². The van der Waals surface area contributed by atoms with Crippen molar-refractivity contribution in [1.82, 2.24) is 15.6 Å². The zero-order valence-electron chi connectivity index (χ0n) is 18.6. The van der Waals surface area contributed by atoms with E-state index < -0.39 is 23.9 Å². The van der Waals surface area contributed by atoms with Gasteiger partial charge < -0.3 is 20.3 Å². The smallest absolute Gasteiger partial charge is 0.417 e. The maximum absolute atomic E-state index is 12.9. The van der Waals surface area contributed by atoms with Crippen LogP contribution in [0, 0.1) is 11.8 Å². The maximum atomic E-state index is 12.9. The molecule has 2 aliphatic rings. The topological polar surface area (TPSA) is 83.6 Å². The number of nitrogens with one attached hydrogen (secondary N) is 2. The van der Waals surface area contributed by atoms with Crippen molar-refractivity contribution in [3.8, 4) is 0 Å². The minimum atomic E-state index is -4.41. The van der Waals surface area contributed by atoms with Gasteiger partial charge in [-0.15, -0.1) is 0 Å². The Labute approximate surface area is 186 Å². The summed E-state index contributed by atoms with van der Waals surface area (Å²) in [4.78, 5) is 30.8. The summed E-state index contributed by atoms with van der Waals surface area (Å²) in [5, 5.41) is 5.74. The van der Waals surface area contributed by atoms with Crippen LogP contribution in [0.15, 0.2) is 18.3 Å². The lowest BCUT2D eigenvalue weighted by Gasteiger charge is -2.25. The number of fused-ring (bicyclic) bond motifs is 1. The predicted molar refractivity (Wildman–Crippen MR) is 113 cm³/mol. The van der Waals surface area contributed by atoms with Crippen LogP contribution in [0.4, 0.5) is 23.8 Å². The Morgan fingerprint density at radius 3 is 2.59 bits per heavy atom. The normalized spacial score (nSPS) is 23.7. The van der Waals surface area contributed by atoms with Crippen LogP contribution < -0.4 is 15.5 Å². The van der Waals surface area contributed by atoms with Crippen molar-refractivity contribution in [2.24, 2.45) is 11.8 Å². The van der Waals surface area contributed by atoms with Crippen molar-refractivity contribution in [1.29, 1.82) is 0 Å². The van der Waals surface area contributed by atoms with Crippen molar-refractivity contribution >= 4 is 17.8 Å². The fourth-order valence-corrected chi connectivity index (χ4v) is 4.60. The molecule has 1 aliphatic carbocycles. The highest BCUT2D eigenvalue weighted by Gasteiger charge is 2.44. The van der Waals surface area contributed by atoms with Crippen LogP contribution in [0.2, 0.25) is 0 Å². The molecular weight excluding hydrogens is 425 g/mol. The Bertz CT molecular complexity index is 801. The largest absolute Gasteiger partial charge is 0.447 e. The number of hydrogen-bond donors (Lipinski definition) is 2. The molecule has 178 valence electrons. The number of amides is 2. The molecule has 0 spiro atoms. The summed E-state index contributed by atoms with van der Waals surface area (Å²) in [6.07, 6.45) is -1.45. The van der Waals surface area contributed by atoms with Crippen molar-refractivity contribution in [2.75, 3.05) is 18.0 Å². The molecule has 32 heavy (non-hydrogen) atoms. The van der Waals surface area contributed by atoms with Gasteiger partial charge in [-0.05, 0) is 51.2 Å². The first kappa shape index (κ1) is 24.1. The Morgan fingerprint density at radius 1 is 1.25 bits per heavy atom. The van der Waals surface area contributed by atoms with Crippen LogP contribution in [-0.2, 0) is 15.7 Å². The zero-order valence-corrected chi connectivity index (χ0v) is 18.6. The van der Waals surface area contributed by atoms with Crippen LogP contribution in [0.25, 0.3) is 0 Å². The summed E-state index contributed by atoms with van der Waals surface area (Å²) in [5.74, 6) is 0.810. The Hall–Kier alpha value is -2.52. The monoisotopic (exact) mass is 456 g/mol. The number of ether oxygens (including phenoxy) is 1. The number of rotatable bonds is 7. The Kier molecular flexibility index (Phi) is 7.51. The van der Waals surface area contributed by atoms with E-state index in [-0.39, 0.29) is 24.0 Å². The highest BCUT2D eigenvalue weighted by Crippen LogP contribution is 2.40. The van der Waals surface area contributed by atoms with E-state index in [2.05, 4.69) is 15.6 Å². The van der Waals surface area contributed by atoms with Crippen LogP contribution in [-0.4, -0.2) is 48.3 Å². The lowest BCUT2D eigenvalue weighted by Crippen LogP contribution is -2.51. The lowest BCUT2D eigenvalue weighted by atomic mass is 9.97. The highest BCUT2D eigenvalue weighted by atomic mass is 19.4. The first-order valence-corrected chi connectivity index (χ1v) is 11.1. The van der Waals surface area contributed by atoms with Gasteiger partial charge in [0.1, 0.15) is 11.9 Å². The number of carbonyl (C=O) groups is 2. The standard InChI is InChI=1S/C22H31F3N4O3/c1-4-5-18(28-21(31)32-13(2)3)20(30)27-17-8-6-14-11-29(12-16(14)17)19-9-7-15(10-26-19)22(23,24)25/h7,9-10,13-14,16-18H,4-6,8,11-12H2,1-3H3,(H,27,30)(H,28,31)/t14-,16+,17+,18+/m1/s1. The van der Waals surface area contributed by atoms with Gasteiger partial charge in [0.15, 0.2) is 0 Å². The highest BCUT2D eigenvalue weighted by molar-refractivity contribution is 5.85. The van der Waals surface area contributed by atoms with E-state index in [9.17, 15) is 22.8 Å². The minimum Gasteiger partial charge on any atom is -0.447 e. The molecular formula is C22H31F3N4O3. The first-order chi connectivity index (χ1) is 15.1. The van der Waals surface area contributed by atoms with Crippen LogP contribution in [0.5, 0.6) is 0 Å². The van der Waals surface area contributed by atoms with Crippen molar-refractivity contribution in [2.45, 2.75) is 70.8 Å². The number of hydrogen-bond acceptors (Lipinski definition) is 5. The number of aromatic nitrogens is 1. The molecule has 0 unspecified atom stereocenters. The summed E-state index contributed by atoms with van der Waals surface area (Å²) < 4.78 is 43.5. The maximum Gasteiger partial charge on any atom is 0.417 e. The zero-order chi connectivity index (χ0) is 23.5. The fourth-order valence-electron chi connectivity index (χ4n) is 4.60. The molecule has 1 aliphatic heterocycles. The van der Waals surface area contributed by atoms with Gasteiger partial charge in [0.05, 0.1) is 11.7 Å². The van der Waals surface area contributed by atoms with Gasteiger partial charge in [0, 0.05) is 31.2 Å². The predicted octanol–water partition coefficient (Wildman–Crippen LogP) is 3.73. The molecule has 0 bridgehead atoms. The van der Waals surface area contributed by atoms with Crippen LogP contribution in [0.1, 0.15) is 52.0 Å². The van der Waals surface area contributed by atoms with Gasteiger partial charge in [-0.1, -0.05) is 13.3 Å². The number of halogens is 3. The molecule has 2 fully saturated rings. The molecule has 0 aromatic carbocycles. The van der Waals surface area contributed by atoms with Gasteiger partial charge in [0.2, 0.25) is 5.91 Å². The third-order valence-corrected chi connectivity index (χ3v) is 6.11. The third-order valence-electron chi connectivity index (χ3n) is 6.11. The number of anilines is 1. The summed E-state index contributed by atoms with van der Waals surface area (Å²) in [6, 6.07) is 1.74. The molecule has 4 atom stereocenters. The second-order valence-electron chi connectivity index (χ2n) is 8.86. The minimum absolute atomic E-state index is 0.0470. The average Bonchev–Trinajstić information content (AvgIpc) is 3.28. The fraction of sp³-hybridized carbons (Fsp3) is 0.682. The molecule has 2 heterocycles.